The fourth-order valence-electron chi connectivity index (χ4n) is 1.06. The SMILES string of the molecule is C#CCNC(=O)c1ccc(OC)cc1O. The Morgan fingerprint density at radius 1 is 1.67 bits per heavy atom. The Morgan fingerprint density at radius 3 is 2.93 bits per heavy atom. The second kappa shape index (κ2) is 4.91. The first-order valence-corrected chi connectivity index (χ1v) is 4.27. The Labute approximate surface area is 87.9 Å². The van der Waals surface area contributed by atoms with Gasteiger partial charge in [0.25, 0.3) is 5.91 Å². The molecule has 1 amide bonds. The molecule has 0 aliphatic heterocycles. The first-order chi connectivity index (χ1) is 7.19. The molecule has 2 N–H and O–H groups in total. The molecule has 0 aromatic heterocycles. The van der Waals surface area contributed by atoms with Gasteiger partial charge < -0.3 is 15.2 Å². The summed E-state index contributed by atoms with van der Waals surface area (Å²) < 4.78 is 4.89. The molecule has 0 fully saturated rings. The topological polar surface area (TPSA) is 58.6 Å². The molecule has 78 valence electrons. The van der Waals surface area contributed by atoms with Crippen LogP contribution in [-0.2, 0) is 0 Å². The molecule has 1 rings (SSSR count). The van der Waals surface area contributed by atoms with Crippen LogP contribution in [0, 0.1) is 12.3 Å². The average Bonchev–Trinajstić information content (AvgIpc) is 2.25. The summed E-state index contributed by atoms with van der Waals surface area (Å²) in [5.41, 5.74) is 0.172. The summed E-state index contributed by atoms with van der Waals surface area (Å²) in [6.07, 6.45) is 4.99. The van der Waals surface area contributed by atoms with Crippen LogP contribution < -0.4 is 10.1 Å². The van der Waals surface area contributed by atoms with Gasteiger partial charge >= 0.3 is 0 Å². The maximum atomic E-state index is 11.4. The van der Waals surface area contributed by atoms with E-state index in [2.05, 4.69) is 11.2 Å². The molecule has 1 aromatic carbocycles. The number of terminal acetylenes is 1. The zero-order valence-electron chi connectivity index (χ0n) is 8.28. The second-order valence-electron chi connectivity index (χ2n) is 2.77. The van der Waals surface area contributed by atoms with E-state index in [-0.39, 0.29) is 17.9 Å². The number of methoxy groups -OCH3 is 1. The monoisotopic (exact) mass is 205 g/mol. The number of phenolic OH excluding ortho intramolecular Hbond substituents is 1. The molecule has 0 atom stereocenters. The van der Waals surface area contributed by atoms with E-state index < -0.39 is 5.91 Å². The highest BCUT2D eigenvalue weighted by atomic mass is 16.5. The maximum Gasteiger partial charge on any atom is 0.255 e. The summed E-state index contributed by atoms with van der Waals surface area (Å²) >= 11 is 0. The fourth-order valence-corrected chi connectivity index (χ4v) is 1.06. The van der Waals surface area contributed by atoms with E-state index in [4.69, 9.17) is 11.2 Å². The van der Waals surface area contributed by atoms with Gasteiger partial charge in [-0.1, -0.05) is 5.92 Å². The van der Waals surface area contributed by atoms with Crippen LogP contribution in [0.2, 0.25) is 0 Å². The lowest BCUT2D eigenvalue weighted by molar-refractivity contribution is 0.0956. The lowest BCUT2D eigenvalue weighted by Crippen LogP contribution is -2.23. The van der Waals surface area contributed by atoms with E-state index in [0.717, 1.165) is 0 Å². The minimum absolute atomic E-state index is 0.129. The Bertz CT molecular complexity index is 407. The van der Waals surface area contributed by atoms with E-state index in [0.29, 0.717) is 5.75 Å². The molecule has 0 radical (unpaired) electrons. The smallest absolute Gasteiger partial charge is 0.255 e. The standard InChI is InChI=1S/C11H11NO3/c1-3-6-12-11(14)9-5-4-8(15-2)7-10(9)13/h1,4-5,7,13H,6H2,2H3,(H,12,14). The molecule has 0 aliphatic rings. The van der Waals surface area contributed by atoms with Crippen molar-refractivity contribution in [3.05, 3.63) is 23.8 Å². The molecule has 0 saturated heterocycles. The van der Waals surface area contributed by atoms with Gasteiger partial charge in [0, 0.05) is 6.07 Å². The van der Waals surface area contributed by atoms with Gasteiger partial charge in [-0.3, -0.25) is 4.79 Å². The Hall–Kier alpha value is -2.15. The second-order valence-corrected chi connectivity index (χ2v) is 2.77. The first-order valence-electron chi connectivity index (χ1n) is 4.27. The van der Waals surface area contributed by atoms with E-state index in [1.165, 1.54) is 19.2 Å². The van der Waals surface area contributed by atoms with Gasteiger partial charge in [-0.15, -0.1) is 6.42 Å². The zero-order chi connectivity index (χ0) is 11.3. The average molecular weight is 205 g/mol. The van der Waals surface area contributed by atoms with Gasteiger partial charge in [0.05, 0.1) is 19.2 Å². The van der Waals surface area contributed by atoms with Crippen molar-refractivity contribution in [2.24, 2.45) is 0 Å². The fraction of sp³-hybridized carbons (Fsp3) is 0.182. The number of nitrogens with one attached hydrogen (secondary N) is 1. The highest BCUT2D eigenvalue weighted by molar-refractivity contribution is 5.97. The lowest BCUT2D eigenvalue weighted by Gasteiger charge is -2.06. The molecule has 0 unspecified atom stereocenters. The molecule has 4 nitrogen and oxygen atoms in total. The number of ether oxygens (including phenoxy) is 1. The van der Waals surface area contributed by atoms with Gasteiger partial charge in [-0.05, 0) is 12.1 Å². The van der Waals surface area contributed by atoms with E-state index in [1.54, 1.807) is 6.07 Å². The summed E-state index contributed by atoms with van der Waals surface area (Å²) in [7, 11) is 1.48. The highest BCUT2D eigenvalue weighted by Gasteiger charge is 2.10. The van der Waals surface area contributed by atoms with Crippen molar-refractivity contribution in [1.82, 2.24) is 5.32 Å². The number of carbonyl (C=O) groups excluding carboxylic acids is 1. The molecule has 0 spiro atoms. The van der Waals surface area contributed by atoms with Crippen molar-refractivity contribution in [1.29, 1.82) is 0 Å². The van der Waals surface area contributed by atoms with E-state index in [1.807, 2.05) is 0 Å². The number of benzene rings is 1. The molecule has 1 aromatic rings. The van der Waals surface area contributed by atoms with Crippen molar-refractivity contribution in [2.45, 2.75) is 0 Å². The van der Waals surface area contributed by atoms with Gasteiger partial charge in [-0.2, -0.15) is 0 Å². The van der Waals surface area contributed by atoms with E-state index >= 15 is 0 Å². The largest absolute Gasteiger partial charge is 0.507 e. The summed E-state index contributed by atoms with van der Waals surface area (Å²) in [4.78, 5) is 11.4. The summed E-state index contributed by atoms with van der Waals surface area (Å²) in [6.45, 7) is 0.129. The van der Waals surface area contributed by atoms with E-state index in [9.17, 15) is 9.90 Å². The Kier molecular flexibility index (Phi) is 3.58. The van der Waals surface area contributed by atoms with Crippen LogP contribution in [0.4, 0.5) is 0 Å². The lowest BCUT2D eigenvalue weighted by atomic mass is 10.2. The molecule has 0 aliphatic carbocycles. The quantitative estimate of drug-likeness (QED) is 0.716. The third kappa shape index (κ3) is 2.64. The van der Waals surface area contributed by atoms with Gasteiger partial charge in [0.1, 0.15) is 11.5 Å². The van der Waals surface area contributed by atoms with Crippen LogP contribution in [0.15, 0.2) is 18.2 Å². The van der Waals surface area contributed by atoms with Crippen molar-refractivity contribution in [2.75, 3.05) is 13.7 Å². The molecule has 0 bridgehead atoms. The predicted molar refractivity (Wildman–Crippen MR) is 55.8 cm³/mol. The number of hydrogen-bond acceptors (Lipinski definition) is 3. The first kappa shape index (κ1) is 10.9. The van der Waals surface area contributed by atoms with Crippen molar-refractivity contribution < 1.29 is 14.6 Å². The van der Waals surface area contributed by atoms with Crippen LogP contribution >= 0.6 is 0 Å². The van der Waals surface area contributed by atoms with Crippen LogP contribution in [0.1, 0.15) is 10.4 Å². The number of aromatic hydroxyl groups is 1. The number of rotatable bonds is 3. The summed E-state index contributed by atoms with van der Waals surface area (Å²) in [5, 5.41) is 12.0. The minimum atomic E-state index is -0.409. The Morgan fingerprint density at radius 2 is 2.40 bits per heavy atom. The van der Waals surface area contributed by atoms with Gasteiger partial charge in [0.2, 0.25) is 0 Å². The number of carbonyl (C=O) groups is 1. The maximum absolute atomic E-state index is 11.4. The van der Waals surface area contributed by atoms with Crippen LogP contribution in [0.3, 0.4) is 0 Å². The zero-order valence-corrected chi connectivity index (χ0v) is 8.28. The number of amides is 1. The van der Waals surface area contributed by atoms with Crippen LogP contribution in [-0.4, -0.2) is 24.7 Å². The predicted octanol–water partition coefficient (Wildman–Crippen LogP) is 0.764. The third-order valence-corrected chi connectivity index (χ3v) is 1.80. The van der Waals surface area contributed by atoms with Crippen molar-refractivity contribution >= 4 is 5.91 Å². The highest BCUT2D eigenvalue weighted by Crippen LogP contribution is 2.22. The van der Waals surface area contributed by atoms with Crippen LogP contribution in [0.25, 0.3) is 0 Å². The minimum Gasteiger partial charge on any atom is -0.507 e. The molecular weight excluding hydrogens is 194 g/mol. The third-order valence-electron chi connectivity index (χ3n) is 1.80. The number of phenols is 1. The van der Waals surface area contributed by atoms with Crippen LogP contribution in [0.5, 0.6) is 11.5 Å². The molecule has 0 saturated carbocycles. The molecule has 15 heavy (non-hydrogen) atoms. The molecule has 4 heteroatoms. The summed E-state index contributed by atoms with van der Waals surface area (Å²) in [6, 6.07) is 4.43. The molecule has 0 heterocycles. The summed E-state index contributed by atoms with van der Waals surface area (Å²) in [5.74, 6) is 2.21. The van der Waals surface area contributed by atoms with Gasteiger partial charge in [0.15, 0.2) is 0 Å². The Balaban J connectivity index is 2.86. The van der Waals surface area contributed by atoms with Crippen molar-refractivity contribution in [3.8, 4) is 23.8 Å². The number of hydrogen-bond donors (Lipinski definition) is 2. The van der Waals surface area contributed by atoms with Crippen molar-refractivity contribution in [3.63, 3.8) is 0 Å². The van der Waals surface area contributed by atoms with Gasteiger partial charge in [-0.25, -0.2) is 0 Å². The molecular formula is C11H11NO3. The normalized spacial score (nSPS) is 9.07.